The predicted molar refractivity (Wildman–Crippen MR) is 132 cm³/mol. The van der Waals surface area contributed by atoms with Crippen molar-refractivity contribution in [2.24, 2.45) is 34.5 Å². The molecule has 5 rings (SSSR count). The molecule has 0 amide bonds. The van der Waals surface area contributed by atoms with Gasteiger partial charge < -0.3 is 20.1 Å². The first kappa shape index (κ1) is 26.1. The Hall–Kier alpha value is -1.57. The molecule has 5 aliphatic rings. The Bertz CT molecular complexity index is 967. The summed E-state index contributed by atoms with van der Waals surface area (Å²) in [5, 5.41) is 34.6. The molecule has 0 saturated heterocycles. The van der Waals surface area contributed by atoms with E-state index in [0.717, 1.165) is 37.7 Å². The molecule has 0 radical (unpaired) electrons. The largest absolute Gasteiger partial charge is 0.461 e. The molecule has 9 atom stereocenters. The van der Waals surface area contributed by atoms with Gasteiger partial charge in [0.25, 0.3) is 0 Å². The van der Waals surface area contributed by atoms with E-state index >= 15 is 0 Å². The average molecular weight is 503 g/mol. The highest BCUT2D eigenvalue weighted by atomic mass is 16.5. The maximum Gasteiger partial charge on any atom is 0.305 e. The van der Waals surface area contributed by atoms with Crippen LogP contribution in [0.2, 0.25) is 0 Å². The number of esters is 1. The molecular weight excluding hydrogens is 460 g/mol. The summed E-state index contributed by atoms with van der Waals surface area (Å²) in [6.45, 7) is 5.68. The van der Waals surface area contributed by atoms with Crippen LogP contribution >= 0.6 is 0 Å². The fourth-order valence-corrected chi connectivity index (χ4v) is 9.25. The van der Waals surface area contributed by atoms with Crippen molar-refractivity contribution in [2.45, 2.75) is 115 Å². The molecule has 0 aromatic carbocycles. The first-order chi connectivity index (χ1) is 17.0. The highest BCUT2D eigenvalue weighted by Gasteiger charge is 2.70. The normalized spacial score (nSPS) is 45.3. The standard InChI is InChI=1S/C29H42O7/c1-4-23(32)36-22-14-18(30)13-17-9-10-19-20-11-12-29(35,26(34)25(33)16-7-5-6-8-16)27(20,2)15-21(31)24(19)28(17,22)3/h13,16,19-22,24-25,31,33,35H,4-12,14-15H2,1-3H3/t19-,20-,21-,22?,24+,25?,27-,28+,29-/m0/s1. The summed E-state index contributed by atoms with van der Waals surface area (Å²) in [6, 6.07) is 0. The third-order valence-corrected chi connectivity index (χ3v) is 11.2. The van der Waals surface area contributed by atoms with Gasteiger partial charge in [-0.3, -0.25) is 14.4 Å². The number of aliphatic hydroxyl groups excluding tert-OH is 2. The van der Waals surface area contributed by atoms with E-state index in [1.807, 2.05) is 13.8 Å². The summed E-state index contributed by atoms with van der Waals surface area (Å²) in [5.74, 6) is -1.20. The topological polar surface area (TPSA) is 121 Å². The van der Waals surface area contributed by atoms with Gasteiger partial charge >= 0.3 is 5.97 Å². The Kier molecular flexibility index (Phi) is 6.53. The number of carbonyl (C=O) groups is 3. The fourth-order valence-electron chi connectivity index (χ4n) is 9.25. The zero-order valence-electron chi connectivity index (χ0n) is 21.9. The lowest BCUT2D eigenvalue weighted by Crippen LogP contribution is -2.65. The molecule has 4 fully saturated rings. The number of ketones is 2. The van der Waals surface area contributed by atoms with E-state index in [-0.39, 0.29) is 54.7 Å². The number of carbonyl (C=O) groups excluding carboxylic acids is 3. The number of Topliss-reactive ketones (excluding diaryl/α,β-unsaturated/α-hetero) is 1. The van der Waals surface area contributed by atoms with Gasteiger partial charge in [0, 0.05) is 29.6 Å². The molecule has 5 aliphatic carbocycles. The van der Waals surface area contributed by atoms with Crippen LogP contribution in [-0.4, -0.2) is 56.8 Å². The van der Waals surface area contributed by atoms with Crippen LogP contribution in [0.5, 0.6) is 0 Å². The van der Waals surface area contributed by atoms with E-state index in [1.165, 1.54) is 0 Å². The number of hydrogen-bond donors (Lipinski definition) is 3. The second kappa shape index (κ2) is 9.02. The van der Waals surface area contributed by atoms with Crippen molar-refractivity contribution >= 4 is 17.5 Å². The lowest BCUT2D eigenvalue weighted by atomic mass is 9.44. The van der Waals surface area contributed by atoms with Crippen molar-refractivity contribution in [3.05, 3.63) is 11.6 Å². The molecule has 0 aromatic heterocycles. The summed E-state index contributed by atoms with van der Waals surface area (Å²) in [5.41, 5.74) is -2.24. The zero-order valence-corrected chi connectivity index (χ0v) is 21.9. The Morgan fingerprint density at radius 1 is 1.17 bits per heavy atom. The van der Waals surface area contributed by atoms with Gasteiger partial charge in [-0.15, -0.1) is 0 Å². The molecule has 200 valence electrons. The monoisotopic (exact) mass is 502 g/mol. The van der Waals surface area contributed by atoms with Gasteiger partial charge in [-0.25, -0.2) is 0 Å². The first-order valence-electron chi connectivity index (χ1n) is 14.0. The molecule has 0 bridgehead atoms. The van der Waals surface area contributed by atoms with Crippen molar-refractivity contribution in [3.63, 3.8) is 0 Å². The average Bonchev–Trinajstić information content (AvgIpc) is 3.46. The SMILES string of the molecule is CCC(=O)OC1CC(=O)C=C2CC[C@@H]3[C@H]([C@@H](O)C[C@@]4(C)[C@H]3CC[C@]4(O)C(=O)C(O)C3CCCC3)[C@]21C. The van der Waals surface area contributed by atoms with E-state index in [4.69, 9.17) is 4.74 Å². The van der Waals surface area contributed by atoms with Crippen LogP contribution in [0.15, 0.2) is 11.6 Å². The predicted octanol–water partition coefficient (Wildman–Crippen LogP) is 3.27. The van der Waals surface area contributed by atoms with Gasteiger partial charge in [0.1, 0.15) is 17.8 Å². The smallest absolute Gasteiger partial charge is 0.305 e. The van der Waals surface area contributed by atoms with Gasteiger partial charge in [0.15, 0.2) is 11.6 Å². The molecule has 7 heteroatoms. The number of rotatable bonds is 5. The molecule has 0 heterocycles. The molecule has 4 saturated carbocycles. The number of aliphatic hydroxyl groups is 3. The maximum atomic E-state index is 13.6. The third-order valence-electron chi connectivity index (χ3n) is 11.2. The Labute approximate surface area is 213 Å². The van der Waals surface area contributed by atoms with Crippen LogP contribution in [0.3, 0.4) is 0 Å². The molecule has 7 nitrogen and oxygen atoms in total. The van der Waals surface area contributed by atoms with Crippen LogP contribution < -0.4 is 0 Å². The van der Waals surface area contributed by atoms with E-state index in [2.05, 4.69) is 0 Å². The molecule has 2 unspecified atom stereocenters. The van der Waals surface area contributed by atoms with E-state index in [1.54, 1.807) is 13.0 Å². The number of fused-ring (bicyclic) bond motifs is 5. The van der Waals surface area contributed by atoms with Crippen LogP contribution in [0.25, 0.3) is 0 Å². The van der Waals surface area contributed by atoms with Crippen LogP contribution in [0.4, 0.5) is 0 Å². The lowest BCUT2D eigenvalue weighted by Gasteiger charge is -2.61. The maximum absolute atomic E-state index is 13.6. The van der Waals surface area contributed by atoms with Gasteiger partial charge in [0.05, 0.1) is 6.10 Å². The van der Waals surface area contributed by atoms with Gasteiger partial charge in [-0.2, -0.15) is 0 Å². The highest BCUT2D eigenvalue weighted by molar-refractivity contribution is 5.93. The van der Waals surface area contributed by atoms with Crippen molar-refractivity contribution in [2.75, 3.05) is 0 Å². The minimum atomic E-state index is -1.67. The molecule has 3 N–H and O–H groups in total. The van der Waals surface area contributed by atoms with Crippen molar-refractivity contribution < 1.29 is 34.4 Å². The third kappa shape index (κ3) is 3.59. The number of ether oxygens (including phenoxy) is 1. The number of hydrogen-bond acceptors (Lipinski definition) is 7. The van der Waals surface area contributed by atoms with E-state index in [9.17, 15) is 29.7 Å². The second-order valence-corrected chi connectivity index (χ2v) is 12.7. The summed E-state index contributed by atoms with van der Waals surface area (Å²) < 4.78 is 5.84. The van der Waals surface area contributed by atoms with E-state index in [0.29, 0.717) is 19.3 Å². The highest BCUT2D eigenvalue weighted by Crippen LogP contribution is 2.68. The van der Waals surface area contributed by atoms with Gasteiger partial charge in [-0.05, 0) is 68.8 Å². The van der Waals surface area contributed by atoms with Crippen molar-refractivity contribution in [1.29, 1.82) is 0 Å². The summed E-state index contributed by atoms with van der Waals surface area (Å²) in [7, 11) is 0. The Morgan fingerprint density at radius 2 is 1.86 bits per heavy atom. The van der Waals surface area contributed by atoms with Crippen LogP contribution in [0, 0.1) is 34.5 Å². The summed E-state index contributed by atoms with van der Waals surface area (Å²) in [4.78, 5) is 38.5. The fraction of sp³-hybridized carbons (Fsp3) is 0.828. The molecule has 0 aromatic rings. The quantitative estimate of drug-likeness (QED) is 0.493. The Balaban J connectivity index is 1.48. The van der Waals surface area contributed by atoms with Gasteiger partial charge in [0.2, 0.25) is 0 Å². The minimum absolute atomic E-state index is 0.00541. The molecular formula is C29H42O7. The van der Waals surface area contributed by atoms with Crippen molar-refractivity contribution in [1.82, 2.24) is 0 Å². The molecule has 0 aliphatic heterocycles. The second-order valence-electron chi connectivity index (χ2n) is 12.7. The van der Waals surface area contributed by atoms with E-state index < -0.39 is 40.5 Å². The lowest BCUT2D eigenvalue weighted by molar-refractivity contribution is -0.200. The van der Waals surface area contributed by atoms with Crippen LogP contribution in [0.1, 0.15) is 91.4 Å². The first-order valence-corrected chi connectivity index (χ1v) is 14.0. The zero-order chi connectivity index (χ0) is 26.0. The Morgan fingerprint density at radius 3 is 2.53 bits per heavy atom. The molecule has 0 spiro atoms. The minimum Gasteiger partial charge on any atom is -0.461 e. The van der Waals surface area contributed by atoms with Crippen LogP contribution in [-0.2, 0) is 19.1 Å². The molecule has 36 heavy (non-hydrogen) atoms. The summed E-state index contributed by atoms with van der Waals surface area (Å²) >= 11 is 0. The van der Waals surface area contributed by atoms with Gasteiger partial charge in [-0.1, -0.05) is 39.2 Å². The van der Waals surface area contributed by atoms with Crippen molar-refractivity contribution in [3.8, 4) is 0 Å². The summed E-state index contributed by atoms with van der Waals surface area (Å²) in [6.07, 6.45) is 5.60.